The second-order valence-electron chi connectivity index (χ2n) is 6.39. The van der Waals surface area contributed by atoms with Gasteiger partial charge in [-0.3, -0.25) is 9.59 Å². The summed E-state index contributed by atoms with van der Waals surface area (Å²) in [4.78, 5) is 27.1. The Morgan fingerprint density at radius 3 is 2.44 bits per heavy atom. The molecule has 1 N–H and O–H groups in total. The van der Waals surface area contributed by atoms with Crippen molar-refractivity contribution in [2.45, 2.75) is 40.2 Å². The van der Waals surface area contributed by atoms with Gasteiger partial charge in [-0.2, -0.15) is 5.10 Å². The van der Waals surface area contributed by atoms with E-state index in [1.165, 1.54) is 4.68 Å². The standard InChI is InChI=1S/C19H28N4O2/c1-5-22(6-2)12-11-20-18(24)13-17-15-9-7-8-10-16(15)19(25)23(21-17)14(3)4/h7-10,14H,5-6,11-13H2,1-4H3,(H,20,24). The maximum Gasteiger partial charge on any atom is 0.274 e. The molecule has 0 atom stereocenters. The number of nitrogens with zero attached hydrogens (tertiary/aromatic N) is 3. The van der Waals surface area contributed by atoms with Crippen molar-refractivity contribution in [1.29, 1.82) is 0 Å². The van der Waals surface area contributed by atoms with Crippen molar-refractivity contribution in [2.75, 3.05) is 26.2 Å². The third-order valence-electron chi connectivity index (χ3n) is 4.37. The molecule has 25 heavy (non-hydrogen) atoms. The molecule has 2 aromatic rings. The molecule has 0 aliphatic rings. The number of carbonyl (C=O) groups is 1. The highest BCUT2D eigenvalue weighted by atomic mass is 16.1. The van der Waals surface area contributed by atoms with Crippen LogP contribution in [0.25, 0.3) is 10.8 Å². The van der Waals surface area contributed by atoms with Crippen LogP contribution in [-0.4, -0.2) is 46.8 Å². The summed E-state index contributed by atoms with van der Waals surface area (Å²) in [5.41, 5.74) is 0.528. The Morgan fingerprint density at radius 1 is 1.20 bits per heavy atom. The van der Waals surface area contributed by atoms with Crippen molar-refractivity contribution in [3.05, 3.63) is 40.3 Å². The Labute approximate surface area is 148 Å². The SMILES string of the molecule is CCN(CC)CCNC(=O)Cc1nn(C(C)C)c(=O)c2ccccc12. The summed E-state index contributed by atoms with van der Waals surface area (Å²) in [6, 6.07) is 7.29. The lowest BCUT2D eigenvalue weighted by molar-refractivity contribution is -0.120. The van der Waals surface area contributed by atoms with E-state index in [-0.39, 0.29) is 23.9 Å². The second kappa shape index (κ2) is 8.76. The summed E-state index contributed by atoms with van der Waals surface area (Å²) < 4.78 is 1.46. The molecule has 0 aliphatic carbocycles. The van der Waals surface area contributed by atoms with E-state index in [0.717, 1.165) is 25.0 Å². The molecule has 1 aromatic heterocycles. The van der Waals surface area contributed by atoms with Gasteiger partial charge >= 0.3 is 0 Å². The van der Waals surface area contributed by atoms with Crippen LogP contribution in [0.2, 0.25) is 0 Å². The van der Waals surface area contributed by atoms with E-state index in [0.29, 0.717) is 17.6 Å². The monoisotopic (exact) mass is 344 g/mol. The van der Waals surface area contributed by atoms with E-state index in [4.69, 9.17) is 0 Å². The van der Waals surface area contributed by atoms with Crippen molar-refractivity contribution in [3.8, 4) is 0 Å². The number of likely N-dealkylation sites (N-methyl/N-ethyl adjacent to an activating group) is 1. The molecule has 2 rings (SSSR count). The first-order chi connectivity index (χ1) is 12.0. The third kappa shape index (κ3) is 4.66. The summed E-state index contributed by atoms with van der Waals surface area (Å²) in [7, 11) is 0. The molecule has 0 fully saturated rings. The fourth-order valence-corrected chi connectivity index (χ4v) is 2.86. The van der Waals surface area contributed by atoms with Gasteiger partial charge in [0.2, 0.25) is 5.91 Å². The molecule has 1 amide bonds. The van der Waals surface area contributed by atoms with E-state index < -0.39 is 0 Å². The molecule has 0 bridgehead atoms. The fourth-order valence-electron chi connectivity index (χ4n) is 2.86. The maximum atomic E-state index is 12.5. The second-order valence-corrected chi connectivity index (χ2v) is 6.39. The first-order valence-corrected chi connectivity index (χ1v) is 8.97. The van der Waals surface area contributed by atoms with Crippen LogP contribution in [0, 0.1) is 0 Å². The van der Waals surface area contributed by atoms with Crippen LogP contribution in [0.5, 0.6) is 0 Å². The number of aromatic nitrogens is 2. The highest BCUT2D eigenvalue weighted by Crippen LogP contribution is 2.15. The van der Waals surface area contributed by atoms with Crippen LogP contribution in [0.1, 0.15) is 39.4 Å². The summed E-state index contributed by atoms with van der Waals surface area (Å²) in [5.74, 6) is -0.0706. The van der Waals surface area contributed by atoms with Gasteiger partial charge in [-0.15, -0.1) is 0 Å². The summed E-state index contributed by atoms with van der Waals surface area (Å²) in [5, 5.41) is 8.76. The van der Waals surface area contributed by atoms with Gasteiger partial charge < -0.3 is 10.2 Å². The van der Waals surface area contributed by atoms with Crippen molar-refractivity contribution >= 4 is 16.7 Å². The highest BCUT2D eigenvalue weighted by Gasteiger charge is 2.14. The average molecular weight is 344 g/mol. The quantitative estimate of drug-likeness (QED) is 0.795. The number of carbonyl (C=O) groups excluding carboxylic acids is 1. The largest absolute Gasteiger partial charge is 0.354 e. The molecule has 0 unspecified atom stereocenters. The lowest BCUT2D eigenvalue weighted by Crippen LogP contribution is -2.36. The van der Waals surface area contributed by atoms with Crippen molar-refractivity contribution in [2.24, 2.45) is 0 Å². The van der Waals surface area contributed by atoms with Gasteiger partial charge in [0.1, 0.15) is 0 Å². The topological polar surface area (TPSA) is 67.2 Å². The lowest BCUT2D eigenvalue weighted by Gasteiger charge is -2.18. The van der Waals surface area contributed by atoms with E-state index >= 15 is 0 Å². The van der Waals surface area contributed by atoms with E-state index in [2.05, 4.69) is 29.2 Å². The van der Waals surface area contributed by atoms with Gasteiger partial charge in [-0.1, -0.05) is 32.0 Å². The zero-order valence-corrected chi connectivity index (χ0v) is 15.6. The minimum Gasteiger partial charge on any atom is -0.354 e. The molecule has 0 saturated carbocycles. The Kier molecular flexibility index (Phi) is 6.70. The molecule has 0 radical (unpaired) electrons. The molecule has 0 aliphatic heterocycles. The molecular weight excluding hydrogens is 316 g/mol. The van der Waals surface area contributed by atoms with Crippen LogP contribution in [0.15, 0.2) is 29.1 Å². The molecule has 1 aromatic carbocycles. The maximum absolute atomic E-state index is 12.5. The van der Waals surface area contributed by atoms with Crippen LogP contribution < -0.4 is 10.9 Å². The predicted octanol–water partition coefficient (Wildman–Crippen LogP) is 1.98. The summed E-state index contributed by atoms with van der Waals surface area (Å²) >= 11 is 0. The Hall–Kier alpha value is -2.21. The third-order valence-corrected chi connectivity index (χ3v) is 4.37. The first kappa shape index (κ1) is 19.1. The van der Waals surface area contributed by atoms with Gasteiger partial charge in [-0.25, -0.2) is 4.68 Å². The number of benzene rings is 1. The van der Waals surface area contributed by atoms with Crippen LogP contribution in [0.3, 0.4) is 0 Å². The van der Waals surface area contributed by atoms with Crippen molar-refractivity contribution in [1.82, 2.24) is 20.0 Å². The smallest absolute Gasteiger partial charge is 0.274 e. The molecule has 6 nitrogen and oxygen atoms in total. The Morgan fingerprint density at radius 2 is 1.84 bits per heavy atom. The normalized spacial score (nSPS) is 11.4. The Bertz CT molecular complexity index is 779. The minimum absolute atomic E-state index is 0.0541. The summed E-state index contributed by atoms with van der Waals surface area (Å²) in [6.07, 6.45) is 0.172. The molecule has 0 spiro atoms. The zero-order chi connectivity index (χ0) is 18.4. The van der Waals surface area contributed by atoms with Crippen LogP contribution in [0.4, 0.5) is 0 Å². The molecular formula is C19H28N4O2. The van der Waals surface area contributed by atoms with Gasteiger partial charge in [0.15, 0.2) is 0 Å². The Balaban J connectivity index is 2.19. The average Bonchev–Trinajstić information content (AvgIpc) is 2.61. The van der Waals surface area contributed by atoms with Crippen LogP contribution in [-0.2, 0) is 11.2 Å². The van der Waals surface area contributed by atoms with E-state index in [9.17, 15) is 9.59 Å². The lowest BCUT2D eigenvalue weighted by atomic mass is 10.1. The molecule has 136 valence electrons. The number of nitrogens with one attached hydrogen (secondary N) is 1. The van der Waals surface area contributed by atoms with Gasteiger partial charge in [0.25, 0.3) is 5.56 Å². The number of fused-ring (bicyclic) bond motifs is 1. The summed E-state index contributed by atoms with van der Waals surface area (Å²) in [6.45, 7) is 11.4. The van der Waals surface area contributed by atoms with Gasteiger partial charge in [0, 0.05) is 18.5 Å². The molecule has 1 heterocycles. The van der Waals surface area contributed by atoms with Crippen molar-refractivity contribution < 1.29 is 4.79 Å². The number of hydrogen-bond acceptors (Lipinski definition) is 4. The molecule has 0 saturated heterocycles. The zero-order valence-electron chi connectivity index (χ0n) is 15.6. The predicted molar refractivity (Wildman–Crippen MR) is 101 cm³/mol. The highest BCUT2D eigenvalue weighted by molar-refractivity contribution is 5.88. The number of rotatable bonds is 8. The number of amides is 1. The van der Waals surface area contributed by atoms with Gasteiger partial charge in [0.05, 0.1) is 23.5 Å². The first-order valence-electron chi connectivity index (χ1n) is 8.97. The van der Waals surface area contributed by atoms with E-state index in [1.807, 2.05) is 32.0 Å². The van der Waals surface area contributed by atoms with Gasteiger partial charge in [-0.05, 0) is 33.0 Å². The fraction of sp³-hybridized carbons (Fsp3) is 0.526. The van der Waals surface area contributed by atoms with Crippen LogP contribution >= 0.6 is 0 Å². The minimum atomic E-state index is -0.115. The number of hydrogen-bond donors (Lipinski definition) is 1. The molecule has 6 heteroatoms. The van der Waals surface area contributed by atoms with Crippen molar-refractivity contribution in [3.63, 3.8) is 0 Å². The van der Waals surface area contributed by atoms with E-state index in [1.54, 1.807) is 6.07 Å².